The summed E-state index contributed by atoms with van der Waals surface area (Å²) < 4.78 is 0. The van der Waals surface area contributed by atoms with E-state index in [1.54, 1.807) is 26.0 Å². The molecule has 6 nitrogen and oxygen atoms in total. The van der Waals surface area contributed by atoms with Crippen molar-refractivity contribution in [1.29, 1.82) is 0 Å². The molecule has 1 rings (SSSR count). The summed E-state index contributed by atoms with van der Waals surface area (Å²) in [4.78, 5) is 23.1. The van der Waals surface area contributed by atoms with E-state index in [0.29, 0.717) is 12.8 Å². The first-order valence-electron chi connectivity index (χ1n) is 6.83. The third-order valence-corrected chi connectivity index (χ3v) is 3.68. The number of phenols is 1. The Kier molecular flexibility index (Phi) is 5.72. The summed E-state index contributed by atoms with van der Waals surface area (Å²) in [5.41, 5.74) is 5.65. The van der Waals surface area contributed by atoms with Gasteiger partial charge in [0.05, 0.1) is 11.5 Å². The van der Waals surface area contributed by atoms with Crippen LogP contribution < -0.4 is 11.1 Å². The van der Waals surface area contributed by atoms with Crippen molar-refractivity contribution in [2.45, 2.75) is 32.7 Å². The van der Waals surface area contributed by atoms with Crippen molar-refractivity contribution >= 4 is 11.9 Å². The summed E-state index contributed by atoms with van der Waals surface area (Å²) in [5, 5.41) is 20.9. The topological polar surface area (TPSA) is 113 Å². The van der Waals surface area contributed by atoms with Crippen LogP contribution in [0.5, 0.6) is 5.75 Å². The van der Waals surface area contributed by atoms with Gasteiger partial charge in [-0.1, -0.05) is 19.1 Å². The Hall–Kier alpha value is -2.08. The number of benzene rings is 1. The van der Waals surface area contributed by atoms with Gasteiger partial charge in [0.25, 0.3) is 0 Å². The Balaban J connectivity index is 2.55. The van der Waals surface area contributed by atoms with Crippen LogP contribution in [-0.4, -0.2) is 34.7 Å². The highest BCUT2D eigenvalue weighted by Gasteiger charge is 2.32. The molecule has 0 saturated carbocycles. The molecule has 0 saturated heterocycles. The smallest absolute Gasteiger partial charge is 0.311 e. The lowest BCUT2D eigenvalue weighted by Crippen LogP contribution is -2.47. The van der Waals surface area contributed by atoms with Crippen molar-refractivity contribution < 1.29 is 19.8 Å². The summed E-state index contributed by atoms with van der Waals surface area (Å²) >= 11 is 0. The molecule has 0 aromatic heterocycles. The standard InChI is InChI=1S/C15H22N2O4/c1-3-15(2,14(20)21)9-17-13(19)12(16)8-10-4-6-11(18)7-5-10/h4-7,12,18H,3,8-9,16H2,1-2H3,(H,17,19)(H,20,21)/t12-,15?/m0/s1. The lowest BCUT2D eigenvalue weighted by molar-refractivity contribution is -0.148. The molecule has 1 aromatic rings. The van der Waals surface area contributed by atoms with E-state index in [1.165, 1.54) is 12.1 Å². The molecule has 6 heteroatoms. The number of carbonyl (C=O) groups is 2. The number of hydrogen-bond donors (Lipinski definition) is 4. The van der Waals surface area contributed by atoms with Crippen molar-refractivity contribution in [3.05, 3.63) is 29.8 Å². The van der Waals surface area contributed by atoms with Crippen molar-refractivity contribution in [1.82, 2.24) is 5.32 Å². The summed E-state index contributed by atoms with van der Waals surface area (Å²) in [6.45, 7) is 3.39. The number of aliphatic carboxylic acids is 1. The van der Waals surface area contributed by atoms with E-state index in [1.807, 2.05) is 0 Å². The molecule has 0 spiro atoms. The Morgan fingerprint density at radius 3 is 2.38 bits per heavy atom. The molecule has 21 heavy (non-hydrogen) atoms. The molecule has 0 aliphatic heterocycles. The van der Waals surface area contributed by atoms with Crippen LogP contribution in [0.3, 0.4) is 0 Å². The Bertz CT molecular complexity index is 501. The molecular weight excluding hydrogens is 272 g/mol. The van der Waals surface area contributed by atoms with E-state index in [9.17, 15) is 14.7 Å². The van der Waals surface area contributed by atoms with Crippen LogP contribution in [0.4, 0.5) is 0 Å². The molecule has 1 unspecified atom stereocenters. The van der Waals surface area contributed by atoms with Gasteiger partial charge in [0.15, 0.2) is 0 Å². The maximum absolute atomic E-state index is 11.9. The molecule has 1 aromatic carbocycles. The van der Waals surface area contributed by atoms with Crippen LogP contribution in [0.1, 0.15) is 25.8 Å². The lowest BCUT2D eigenvalue weighted by atomic mass is 9.87. The molecule has 116 valence electrons. The van der Waals surface area contributed by atoms with Gasteiger partial charge in [-0.15, -0.1) is 0 Å². The zero-order chi connectivity index (χ0) is 16.0. The maximum atomic E-state index is 11.9. The van der Waals surface area contributed by atoms with Gasteiger partial charge < -0.3 is 21.3 Å². The number of amides is 1. The first-order chi connectivity index (χ1) is 9.78. The molecule has 1 amide bonds. The van der Waals surface area contributed by atoms with Gasteiger partial charge in [-0.2, -0.15) is 0 Å². The highest BCUT2D eigenvalue weighted by atomic mass is 16.4. The second-order valence-corrected chi connectivity index (χ2v) is 5.41. The van der Waals surface area contributed by atoms with E-state index in [4.69, 9.17) is 10.8 Å². The number of carbonyl (C=O) groups excluding carboxylic acids is 1. The molecule has 0 heterocycles. The first-order valence-corrected chi connectivity index (χ1v) is 6.83. The summed E-state index contributed by atoms with van der Waals surface area (Å²) in [6, 6.07) is 5.67. The van der Waals surface area contributed by atoms with Crippen molar-refractivity contribution in [2.75, 3.05) is 6.54 Å². The van der Waals surface area contributed by atoms with E-state index < -0.39 is 17.4 Å². The molecule has 0 fully saturated rings. The zero-order valence-corrected chi connectivity index (χ0v) is 12.3. The van der Waals surface area contributed by atoms with Gasteiger partial charge in [-0.25, -0.2) is 0 Å². The number of aromatic hydroxyl groups is 1. The molecule has 0 radical (unpaired) electrons. The second kappa shape index (κ2) is 7.08. The largest absolute Gasteiger partial charge is 0.508 e. The van der Waals surface area contributed by atoms with Crippen molar-refractivity contribution in [3.8, 4) is 5.75 Å². The fourth-order valence-electron chi connectivity index (χ4n) is 1.74. The summed E-state index contributed by atoms with van der Waals surface area (Å²) in [6.07, 6.45) is 0.734. The number of hydrogen-bond acceptors (Lipinski definition) is 4. The molecule has 5 N–H and O–H groups in total. The van der Waals surface area contributed by atoms with E-state index >= 15 is 0 Å². The Morgan fingerprint density at radius 1 is 1.33 bits per heavy atom. The van der Waals surface area contributed by atoms with Gasteiger partial charge in [0, 0.05) is 6.54 Å². The number of rotatable bonds is 7. The summed E-state index contributed by atoms with van der Waals surface area (Å²) in [7, 11) is 0. The lowest BCUT2D eigenvalue weighted by Gasteiger charge is -2.24. The molecular formula is C15H22N2O4. The fraction of sp³-hybridized carbons (Fsp3) is 0.467. The number of nitrogens with two attached hydrogens (primary N) is 1. The van der Waals surface area contributed by atoms with E-state index in [0.717, 1.165) is 5.56 Å². The summed E-state index contributed by atoms with van der Waals surface area (Å²) in [5.74, 6) is -1.18. The Labute approximate surface area is 124 Å². The van der Waals surface area contributed by atoms with Crippen LogP contribution >= 0.6 is 0 Å². The van der Waals surface area contributed by atoms with E-state index in [-0.39, 0.29) is 18.2 Å². The maximum Gasteiger partial charge on any atom is 0.311 e. The minimum absolute atomic E-state index is 0.0426. The molecule has 0 aliphatic carbocycles. The average molecular weight is 294 g/mol. The number of carboxylic acid groups (broad SMARTS) is 1. The minimum Gasteiger partial charge on any atom is -0.508 e. The van der Waals surface area contributed by atoms with Gasteiger partial charge in [-0.05, 0) is 37.5 Å². The number of phenolic OH excluding ortho intramolecular Hbond substituents is 1. The molecule has 2 atom stereocenters. The molecule has 0 bridgehead atoms. The van der Waals surface area contributed by atoms with E-state index in [2.05, 4.69) is 5.32 Å². The van der Waals surface area contributed by atoms with Gasteiger partial charge >= 0.3 is 5.97 Å². The van der Waals surface area contributed by atoms with Crippen LogP contribution in [0.2, 0.25) is 0 Å². The van der Waals surface area contributed by atoms with Gasteiger partial charge in [0.1, 0.15) is 5.75 Å². The van der Waals surface area contributed by atoms with Crippen molar-refractivity contribution in [2.24, 2.45) is 11.1 Å². The monoisotopic (exact) mass is 294 g/mol. The first kappa shape index (κ1) is 17.0. The van der Waals surface area contributed by atoms with Gasteiger partial charge in [0.2, 0.25) is 5.91 Å². The van der Waals surface area contributed by atoms with Gasteiger partial charge in [-0.3, -0.25) is 9.59 Å². The minimum atomic E-state index is -0.992. The second-order valence-electron chi connectivity index (χ2n) is 5.41. The predicted octanol–water partition coefficient (Wildman–Crippen LogP) is 0.879. The molecule has 0 aliphatic rings. The van der Waals surface area contributed by atoms with Crippen LogP contribution in [0.15, 0.2) is 24.3 Å². The third kappa shape index (κ3) is 4.75. The fourth-order valence-corrected chi connectivity index (χ4v) is 1.74. The van der Waals surface area contributed by atoms with Crippen molar-refractivity contribution in [3.63, 3.8) is 0 Å². The third-order valence-electron chi connectivity index (χ3n) is 3.68. The van der Waals surface area contributed by atoms with Crippen LogP contribution in [0.25, 0.3) is 0 Å². The normalized spacial score (nSPS) is 15.0. The highest BCUT2D eigenvalue weighted by Crippen LogP contribution is 2.20. The Morgan fingerprint density at radius 2 is 1.90 bits per heavy atom. The quantitative estimate of drug-likeness (QED) is 0.596. The number of nitrogens with one attached hydrogen (secondary N) is 1. The van der Waals surface area contributed by atoms with Crippen LogP contribution in [0, 0.1) is 5.41 Å². The SMILES string of the molecule is CCC(C)(CNC(=O)[C@@H](N)Cc1ccc(O)cc1)C(=O)O. The zero-order valence-electron chi connectivity index (χ0n) is 12.3. The number of carboxylic acids is 1. The highest BCUT2D eigenvalue weighted by molar-refractivity contribution is 5.83. The average Bonchev–Trinajstić information content (AvgIpc) is 2.46. The predicted molar refractivity (Wildman–Crippen MR) is 78.8 cm³/mol. The van der Waals surface area contributed by atoms with Crippen LogP contribution in [-0.2, 0) is 16.0 Å².